The van der Waals surface area contributed by atoms with E-state index in [2.05, 4.69) is 41.7 Å². The van der Waals surface area contributed by atoms with Crippen molar-refractivity contribution in [2.24, 2.45) is 0 Å². The summed E-state index contributed by atoms with van der Waals surface area (Å²) in [5.74, 6) is 2.49. The highest BCUT2D eigenvalue weighted by molar-refractivity contribution is 9.10. The second-order valence-electron chi connectivity index (χ2n) is 4.35. The van der Waals surface area contributed by atoms with Gasteiger partial charge in [-0.05, 0) is 37.3 Å². The first-order chi connectivity index (χ1) is 10.2. The fourth-order valence-electron chi connectivity index (χ4n) is 1.71. The predicted octanol–water partition coefficient (Wildman–Crippen LogP) is 4.02. The summed E-state index contributed by atoms with van der Waals surface area (Å²) >= 11 is 3.40. The molecular weight excluding hydrogens is 334 g/mol. The maximum atomic E-state index is 5.00. The molecule has 3 rings (SSSR count). The lowest BCUT2D eigenvalue weighted by atomic mass is 10.3. The van der Waals surface area contributed by atoms with Crippen molar-refractivity contribution >= 4 is 39.2 Å². The highest BCUT2D eigenvalue weighted by Gasteiger charge is 2.04. The van der Waals surface area contributed by atoms with E-state index in [1.54, 1.807) is 18.3 Å². The average Bonchev–Trinajstić information content (AvgIpc) is 2.87. The molecule has 0 saturated carbocycles. The molecule has 2 N–H and O–H groups in total. The molecule has 0 amide bonds. The molecule has 6 nitrogen and oxygen atoms in total. The largest absolute Gasteiger partial charge is 0.360 e. The van der Waals surface area contributed by atoms with Gasteiger partial charge in [-0.15, -0.1) is 0 Å². The van der Waals surface area contributed by atoms with Gasteiger partial charge in [0.05, 0.1) is 0 Å². The number of nitrogens with zero attached hydrogens (tertiary/aromatic N) is 3. The molecule has 2 aromatic heterocycles. The topological polar surface area (TPSA) is 75.9 Å². The number of hydrogen-bond acceptors (Lipinski definition) is 6. The number of aromatic nitrogens is 3. The van der Waals surface area contributed by atoms with Crippen molar-refractivity contribution in [3.8, 4) is 0 Å². The summed E-state index contributed by atoms with van der Waals surface area (Å²) in [5.41, 5.74) is 0.910. The summed E-state index contributed by atoms with van der Waals surface area (Å²) in [7, 11) is 0. The van der Waals surface area contributed by atoms with Crippen LogP contribution in [0.1, 0.15) is 5.76 Å². The number of nitrogens with one attached hydrogen (secondary N) is 2. The van der Waals surface area contributed by atoms with E-state index in [1.807, 2.05) is 31.2 Å². The molecule has 0 saturated heterocycles. The van der Waals surface area contributed by atoms with Crippen LogP contribution in [0, 0.1) is 6.92 Å². The molecule has 0 fully saturated rings. The Kier molecular flexibility index (Phi) is 3.83. The van der Waals surface area contributed by atoms with Gasteiger partial charge in [0.25, 0.3) is 0 Å². The van der Waals surface area contributed by atoms with E-state index in [-0.39, 0.29) is 0 Å². The molecule has 7 heteroatoms. The number of benzene rings is 1. The van der Waals surface area contributed by atoms with Crippen molar-refractivity contribution < 1.29 is 4.52 Å². The summed E-state index contributed by atoms with van der Waals surface area (Å²) in [6.45, 7) is 1.83. The van der Waals surface area contributed by atoms with E-state index in [4.69, 9.17) is 4.52 Å². The van der Waals surface area contributed by atoms with Crippen LogP contribution in [0.4, 0.5) is 23.3 Å². The smallest absolute Gasteiger partial charge is 0.229 e. The third kappa shape index (κ3) is 3.57. The molecule has 3 aromatic rings. The van der Waals surface area contributed by atoms with E-state index in [0.29, 0.717) is 17.6 Å². The average molecular weight is 346 g/mol. The number of hydrogen-bond donors (Lipinski definition) is 2. The minimum Gasteiger partial charge on any atom is -0.360 e. The van der Waals surface area contributed by atoms with Crippen molar-refractivity contribution in [3.05, 3.63) is 52.8 Å². The zero-order chi connectivity index (χ0) is 14.7. The monoisotopic (exact) mass is 345 g/mol. The van der Waals surface area contributed by atoms with Crippen molar-refractivity contribution in [2.75, 3.05) is 10.6 Å². The first kappa shape index (κ1) is 13.6. The summed E-state index contributed by atoms with van der Waals surface area (Å²) in [5, 5.41) is 10.1. The van der Waals surface area contributed by atoms with E-state index >= 15 is 0 Å². The fraction of sp³-hybridized carbons (Fsp3) is 0.0714. The Morgan fingerprint density at radius 1 is 1.05 bits per heavy atom. The molecule has 0 bridgehead atoms. The Morgan fingerprint density at radius 2 is 1.86 bits per heavy atom. The van der Waals surface area contributed by atoms with Crippen molar-refractivity contribution in [1.29, 1.82) is 0 Å². The van der Waals surface area contributed by atoms with Gasteiger partial charge in [0.2, 0.25) is 5.95 Å². The molecule has 21 heavy (non-hydrogen) atoms. The maximum absolute atomic E-state index is 5.00. The van der Waals surface area contributed by atoms with Gasteiger partial charge in [0, 0.05) is 22.4 Å². The fourth-order valence-corrected chi connectivity index (χ4v) is 1.97. The quantitative estimate of drug-likeness (QED) is 0.743. The Hall–Kier alpha value is -2.41. The number of halogens is 1. The first-order valence-electron chi connectivity index (χ1n) is 6.25. The second kappa shape index (κ2) is 5.92. The molecule has 106 valence electrons. The standard InChI is InChI=1S/C14H12BrN5O/c1-9-8-13(20-21-9)18-12-6-7-16-14(19-12)17-11-4-2-10(15)3-5-11/h2-8H,1H3,(H2,16,17,18,19,20). The van der Waals surface area contributed by atoms with Gasteiger partial charge in [-0.3, -0.25) is 0 Å². The SMILES string of the molecule is Cc1cc(Nc2ccnc(Nc3ccc(Br)cc3)n2)no1. The molecule has 0 atom stereocenters. The zero-order valence-electron chi connectivity index (χ0n) is 11.2. The van der Waals surface area contributed by atoms with E-state index in [1.165, 1.54) is 0 Å². The highest BCUT2D eigenvalue weighted by Crippen LogP contribution is 2.19. The van der Waals surface area contributed by atoms with Crippen LogP contribution in [0.3, 0.4) is 0 Å². The molecule has 0 aliphatic carbocycles. The first-order valence-corrected chi connectivity index (χ1v) is 7.04. The van der Waals surface area contributed by atoms with Crippen LogP contribution in [-0.2, 0) is 0 Å². The normalized spacial score (nSPS) is 10.4. The van der Waals surface area contributed by atoms with Crippen LogP contribution in [0.5, 0.6) is 0 Å². The lowest BCUT2D eigenvalue weighted by molar-refractivity contribution is 0.400. The lowest BCUT2D eigenvalue weighted by Crippen LogP contribution is -2.00. The van der Waals surface area contributed by atoms with Gasteiger partial charge in [-0.25, -0.2) is 4.98 Å². The highest BCUT2D eigenvalue weighted by atomic mass is 79.9. The van der Waals surface area contributed by atoms with Gasteiger partial charge in [-0.1, -0.05) is 21.1 Å². The molecule has 2 heterocycles. The molecule has 0 spiro atoms. The summed E-state index contributed by atoms with van der Waals surface area (Å²) in [6, 6.07) is 11.3. The lowest BCUT2D eigenvalue weighted by Gasteiger charge is -2.06. The molecule has 0 aliphatic rings. The second-order valence-corrected chi connectivity index (χ2v) is 5.26. The molecular formula is C14H12BrN5O. The van der Waals surface area contributed by atoms with E-state index in [9.17, 15) is 0 Å². The van der Waals surface area contributed by atoms with Crippen LogP contribution < -0.4 is 10.6 Å². The van der Waals surface area contributed by atoms with Crippen LogP contribution in [0.25, 0.3) is 0 Å². The van der Waals surface area contributed by atoms with Crippen molar-refractivity contribution in [1.82, 2.24) is 15.1 Å². The Labute approximate surface area is 129 Å². The predicted molar refractivity (Wildman–Crippen MR) is 84.0 cm³/mol. The third-order valence-corrected chi connectivity index (χ3v) is 3.17. The minimum atomic E-state index is 0.502. The van der Waals surface area contributed by atoms with Crippen LogP contribution in [0.2, 0.25) is 0 Å². The summed E-state index contributed by atoms with van der Waals surface area (Å²) in [4.78, 5) is 8.55. The van der Waals surface area contributed by atoms with Gasteiger partial charge in [0.15, 0.2) is 5.82 Å². The van der Waals surface area contributed by atoms with E-state index in [0.717, 1.165) is 15.9 Å². The van der Waals surface area contributed by atoms with Gasteiger partial charge in [0.1, 0.15) is 11.6 Å². The van der Waals surface area contributed by atoms with Gasteiger partial charge < -0.3 is 15.2 Å². The van der Waals surface area contributed by atoms with Gasteiger partial charge >= 0.3 is 0 Å². The third-order valence-electron chi connectivity index (χ3n) is 2.64. The van der Waals surface area contributed by atoms with Crippen molar-refractivity contribution in [2.45, 2.75) is 6.92 Å². The van der Waals surface area contributed by atoms with Gasteiger partial charge in [-0.2, -0.15) is 4.98 Å². The minimum absolute atomic E-state index is 0.502. The Bertz CT molecular complexity index is 741. The molecule has 0 aliphatic heterocycles. The van der Waals surface area contributed by atoms with Crippen LogP contribution in [0.15, 0.2) is 51.6 Å². The zero-order valence-corrected chi connectivity index (χ0v) is 12.8. The summed E-state index contributed by atoms with van der Waals surface area (Å²) in [6.07, 6.45) is 1.67. The van der Waals surface area contributed by atoms with E-state index < -0.39 is 0 Å². The maximum Gasteiger partial charge on any atom is 0.229 e. The molecule has 1 aromatic carbocycles. The number of anilines is 4. The Balaban J connectivity index is 1.75. The number of rotatable bonds is 4. The van der Waals surface area contributed by atoms with Crippen LogP contribution >= 0.6 is 15.9 Å². The van der Waals surface area contributed by atoms with Crippen molar-refractivity contribution in [3.63, 3.8) is 0 Å². The molecule has 0 radical (unpaired) electrons. The Morgan fingerprint density at radius 3 is 2.57 bits per heavy atom. The number of aryl methyl sites for hydroxylation is 1. The van der Waals surface area contributed by atoms with Crippen LogP contribution in [-0.4, -0.2) is 15.1 Å². The summed E-state index contributed by atoms with van der Waals surface area (Å²) < 4.78 is 6.02. The molecule has 0 unspecified atom stereocenters.